The Hall–Kier alpha value is -0.880. The maximum absolute atomic E-state index is 13.2. The van der Waals surface area contributed by atoms with Crippen molar-refractivity contribution in [2.45, 2.75) is 38.8 Å². The number of hydrogen-bond donors (Lipinski definition) is 1. The molecule has 1 aliphatic carbocycles. The number of carbonyl (C=O) groups excluding carboxylic acids is 1. The highest BCUT2D eigenvalue weighted by atomic mass is 35.5. The van der Waals surface area contributed by atoms with Gasteiger partial charge in [0, 0.05) is 12.6 Å². The number of piperidine rings is 1. The number of nitrogens with zero attached hydrogens (tertiary/aromatic N) is 1. The molecule has 0 bridgehead atoms. The first-order valence-electron chi connectivity index (χ1n) is 8.26. The number of hydrogen-bond acceptors (Lipinski definition) is 4. The third kappa shape index (κ3) is 3.27. The van der Waals surface area contributed by atoms with Gasteiger partial charge in [-0.3, -0.25) is 4.79 Å². The van der Waals surface area contributed by atoms with Gasteiger partial charge in [-0.15, -0.1) is 23.7 Å². The van der Waals surface area contributed by atoms with Crippen LogP contribution in [0.3, 0.4) is 0 Å². The summed E-state index contributed by atoms with van der Waals surface area (Å²) in [7, 11) is 0. The second-order valence-electron chi connectivity index (χ2n) is 6.83. The van der Waals surface area contributed by atoms with E-state index < -0.39 is 0 Å². The summed E-state index contributed by atoms with van der Waals surface area (Å²) in [4.78, 5) is 16.3. The van der Waals surface area contributed by atoms with Crippen molar-refractivity contribution in [2.24, 2.45) is 5.41 Å². The van der Waals surface area contributed by atoms with Gasteiger partial charge >= 0.3 is 0 Å². The Kier molecular flexibility index (Phi) is 5.35. The van der Waals surface area contributed by atoms with Crippen molar-refractivity contribution in [3.63, 3.8) is 0 Å². The molecular weight excluding hydrogens is 360 g/mol. The van der Waals surface area contributed by atoms with E-state index in [2.05, 4.69) is 27.0 Å². The Bertz CT molecular complexity index is 692. The summed E-state index contributed by atoms with van der Waals surface area (Å²) in [5, 5.41) is 9.74. The molecular formula is C18H23ClN2OS2. The van der Waals surface area contributed by atoms with Crippen molar-refractivity contribution in [2.75, 3.05) is 13.1 Å². The van der Waals surface area contributed by atoms with Crippen LogP contribution in [0.5, 0.6) is 0 Å². The van der Waals surface area contributed by atoms with Gasteiger partial charge in [-0.25, -0.2) is 0 Å². The number of halogens is 1. The molecule has 2 fully saturated rings. The highest BCUT2D eigenvalue weighted by Crippen LogP contribution is 2.56. The van der Waals surface area contributed by atoms with Gasteiger partial charge < -0.3 is 10.2 Å². The second kappa shape index (κ2) is 7.16. The second-order valence-corrected chi connectivity index (χ2v) is 8.53. The van der Waals surface area contributed by atoms with E-state index >= 15 is 0 Å². The van der Waals surface area contributed by atoms with E-state index in [1.807, 2.05) is 18.4 Å². The lowest BCUT2D eigenvalue weighted by atomic mass is 9.93. The molecule has 4 rings (SSSR count). The minimum Gasteiger partial charge on any atom is -0.330 e. The van der Waals surface area contributed by atoms with E-state index in [1.165, 1.54) is 24.8 Å². The lowest BCUT2D eigenvalue weighted by Crippen LogP contribution is -2.39. The van der Waals surface area contributed by atoms with Crippen LogP contribution in [0.15, 0.2) is 28.3 Å². The molecule has 1 unspecified atom stereocenters. The Labute approximate surface area is 157 Å². The third-order valence-electron chi connectivity index (χ3n) is 5.37. The topological polar surface area (TPSA) is 32.3 Å². The molecule has 24 heavy (non-hydrogen) atoms. The van der Waals surface area contributed by atoms with Gasteiger partial charge in [-0.1, -0.05) is 0 Å². The Morgan fingerprint density at radius 3 is 2.75 bits per heavy atom. The van der Waals surface area contributed by atoms with E-state index in [9.17, 15) is 4.79 Å². The zero-order valence-electron chi connectivity index (χ0n) is 13.8. The maximum atomic E-state index is 13.2. The van der Waals surface area contributed by atoms with E-state index in [1.54, 1.807) is 22.7 Å². The molecule has 1 saturated carbocycles. The van der Waals surface area contributed by atoms with Gasteiger partial charge in [0.25, 0.3) is 5.91 Å². The maximum Gasteiger partial charge on any atom is 0.264 e. The van der Waals surface area contributed by atoms with Crippen LogP contribution in [0.25, 0.3) is 0 Å². The molecule has 2 aliphatic rings. The first kappa shape index (κ1) is 17.9. The van der Waals surface area contributed by atoms with Crippen molar-refractivity contribution in [1.82, 2.24) is 10.2 Å². The quantitative estimate of drug-likeness (QED) is 0.853. The monoisotopic (exact) mass is 382 g/mol. The van der Waals surface area contributed by atoms with Crippen LogP contribution >= 0.6 is 35.1 Å². The molecule has 1 saturated heterocycles. The molecule has 1 aliphatic heterocycles. The summed E-state index contributed by atoms with van der Waals surface area (Å²) >= 11 is 3.29. The van der Waals surface area contributed by atoms with Gasteiger partial charge in [0.1, 0.15) is 0 Å². The Morgan fingerprint density at radius 1 is 1.33 bits per heavy atom. The average molecular weight is 383 g/mol. The number of carbonyl (C=O) groups is 1. The zero-order chi connectivity index (χ0) is 15.9. The largest absolute Gasteiger partial charge is 0.330 e. The minimum atomic E-state index is 0. The lowest BCUT2D eigenvalue weighted by Gasteiger charge is -2.29. The standard InChI is InChI=1S/C18H22N2OS2.ClH/c1-13-2-9-23-16(13)17(21)20(11-14-3-8-22-12-14)15-10-18(15)4-6-19-7-5-18;/h2-3,8-9,12,15,19H,4-7,10-11H2,1H3;1H. The van der Waals surface area contributed by atoms with Crippen LogP contribution in [0.2, 0.25) is 0 Å². The van der Waals surface area contributed by atoms with Crippen LogP contribution < -0.4 is 5.32 Å². The van der Waals surface area contributed by atoms with Gasteiger partial charge in [0.15, 0.2) is 0 Å². The van der Waals surface area contributed by atoms with Crippen LogP contribution in [-0.4, -0.2) is 29.9 Å². The molecule has 1 atom stereocenters. The predicted octanol–water partition coefficient (Wildman–Crippen LogP) is 4.32. The van der Waals surface area contributed by atoms with E-state index in [0.29, 0.717) is 11.5 Å². The van der Waals surface area contributed by atoms with Gasteiger partial charge in [-0.05, 0) is 84.1 Å². The summed E-state index contributed by atoms with van der Waals surface area (Å²) in [6, 6.07) is 4.61. The van der Waals surface area contributed by atoms with Gasteiger partial charge in [-0.2, -0.15) is 11.3 Å². The first-order valence-corrected chi connectivity index (χ1v) is 10.1. The lowest BCUT2D eigenvalue weighted by molar-refractivity contribution is 0.0697. The molecule has 1 amide bonds. The van der Waals surface area contributed by atoms with Crippen LogP contribution in [0.1, 0.15) is 40.1 Å². The number of nitrogens with one attached hydrogen (secondary N) is 1. The predicted molar refractivity (Wildman–Crippen MR) is 103 cm³/mol. The van der Waals surface area contributed by atoms with Crippen LogP contribution in [0.4, 0.5) is 0 Å². The van der Waals surface area contributed by atoms with Gasteiger partial charge in [0.05, 0.1) is 4.88 Å². The molecule has 3 heterocycles. The van der Waals surface area contributed by atoms with E-state index in [4.69, 9.17) is 0 Å². The normalized spacial score (nSPS) is 21.3. The molecule has 2 aromatic rings. The van der Waals surface area contributed by atoms with E-state index in [-0.39, 0.29) is 18.3 Å². The van der Waals surface area contributed by atoms with Crippen LogP contribution in [-0.2, 0) is 6.54 Å². The molecule has 130 valence electrons. The van der Waals surface area contributed by atoms with Crippen LogP contribution in [0, 0.1) is 12.3 Å². The summed E-state index contributed by atoms with van der Waals surface area (Å²) in [5.41, 5.74) is 2.74. The van der Waals surface area contributed by atoms with Crippen molar-refractivity contribution in [3.8, 4) is 0 Å². The number of aryl methyl sites for hydroxylation is 1. The summed E-state index contributed by atoms with van der Waals surface area (Å²) in [6.07, 6.45) is 3.58. The molecule has 1 spiro atoms. The fraction of sp³-hybridized carbons (Fsp3) is 0.500. The van der Waals surface area contributed by atoms with Crippen molar-refractivity contribution < 1.29 is 4.79 Å². The Balaban J connectivity index is 0.00000169. The van der Waals surface area contributed by atoms with Crippen molar-refractivity contribution in [1.29, 1.82) is 0 Å². The first-order chi connectivity index (χ1) is 11.2. The molecule has 0 radical (unpaired) electrons. The molecule has 2 aromatic heterocycles. The summed E-state index contributed by atoms with van der Waals surface area (Å²) in [5.74, 6) is 0.226. The highest BCUT2D eigenvalue weighted by molar-refractivity contribution is 7.12. The molecule has 1 N–H and O–H groups in total. The molecule has 6 heteroatoms. The number of thiophene rings is 2. The van der Waals surface area contributed by atoms with Crippen molar-refractivity contribution >= 4 is 41.0 Å². The number of amides is 1. The van der Waals surface area contributed by atoms with Crippen molar-refractivity contribution in [3.05, 3.63) is 44.3 Å². The fourth-order valence-corrected chi connectivity index (χ4v) is 5.39. The fourth-order valence-electron chi connectivity index (χ4n) is 3.85. The van der Waals surface area contributed by atoms with E-state index in [0.717, 1.165) is 30.1 Å². The Morgan fingerprint density at radius 2 is 2.12 bits per heavy atom. The molecule has 0 aromatic carbocycles. The summed E-state index contributed by atoms with van der Waals surface area (Å²) < 4.78 is 0. The summed E-state index contributed by atoms with van der Waals surface area (Å²) in [6.45, 7) is 4.98. The average Bonchev–Trinajstić information content (AvgIpc) is 2.97. The molecule has 3 nitrogen and oxygen atoms in total. The minimum absolute atomic E-state index is 0. The highest BCUT2D eigenvalue weighted by Gasteiger charge is 2.57. The SMILES string of the molecule is Cc1ccsc1C(=O)N(Cc1ccsc1)C1CC12CCNCC2.Cl. The van der Waals surface area contributed by atoms with Gasteiger partial charge in [0.2, 0.25) is 0 Å². The third-order valence-corrected chi connectivity index (χ3v) is 7.11. The number of rotatable bonds is 4. The smallest absolute Gasteiger partial charge is 0.264 e. The zero-order valence-corrected chi connectivity index (χ0v) is 16.2.